The maximum Gasteiger partial charge on any atom is 0.120 e. The second kappa shape index (κ2) is 4.63. The van der Waals surface area contributed by atoms with Gasteiger partial charge in [-0.15, -0.1) is 0 Å². The monoisotopic (exact) mass is 243 g/mol. The molecule has 0 heterocycles. The second-order valence-electron chi connectivity index (χ2n) is 2.80. The number of aliphatic hydroxyl groups is 1. The Kier molecular flexibility index (Phi) is 3.75. The minimum Gasteiger partial charge on any atom is -0.497 e. The summed E-state index contributed by atoms with van der Waals surface area (Å²) in [5.74, 6) is 0.665. The van der Waals surface area contributed by atoms with Crippen molar-refractivity contribution >= 4 is 15.9 Å². The number of aliphatic hydroxyl groups excluding tert-OH is 1. The lowest BCUT2D eigenvalue weighted by atomic mass is 10.0. The van der Waals surface area contributed by atoms with E-state index in [2.05, 4.69) is 22.9 Å². The highest BCUT2D eigenvalue weighted by Gasteiger charge is 2.06. The SMILES string of the molecule is [CH2]C(CO)c1cc(Br)cc(OC)c1. The van der Waals surface area contributed by atoms with Gasteiger partial charge in [-0.1, -0.05) is 15.9 Å². The summed E-state index contributed by atoms with van der Waals surface area (Å²) >= 11 is 3.36. The number of ether oxygens (including phenoxy) is 1. The molecule has 1 atom stereocenters. The molecule has 1 rings (SSSR count). The van der Waals surface area contributed by atoms with Crippen LogP contribution in [0.15, 0.2) is 22.7 Å². The van der Waals surface area contributed by atoms with Crippen molar-refractivity contribution in [2.75, 3.05) is 13.7 Å². The Hall–Kier alpha value is -0.540. The zero-order valence-electron chi connectivity index (χ0n) is 7.46. The predicted molar refractivity (Wildman–Crippen MR) is 55.9 cm³/mol. The molecule has 13 heavy (non-hydrogen) atoms. The largest absolute Gasteiger partial charge is 0.497 e. The topological polar surface area (TPSA) is 29.5 Å². The van der Waals surface area contributed by atoms with Crippen LogP contribution in [0.3, 0.4) is 0 Å². The van der Waals surface area contributed by atoms with Crippen LogP contribution < -0.4 is 4.74 Å². The molecule has 0 amide bonds. The van der Waals surface area contributed by atoms with E-state index in [1.54, 1.807) is 7.11 Å². The van der Waals surface area contributed by atoms with Gasteiger partial charge in [-0.3, -0.25) is 0 Å². The molecule has 1 aromatic rings. The van der Waals surface area contributed by atoms with Gasteiger partial charge < -0.3 is 9.84 Å². The number of benzene rings is 1. The lowest BCUT2D eigenvalue weighted by Gasteiger charge is -2.10. The minimum atomic E-state index is -0.105. The van der Waals surface area contributed by atoms with Crippen molar-refractivity contribution in [1.82, 2.24) is 0 Å². The Morgan fingerprint density at radius 2 is 2.23 bits per heavy atom. The molecule has 71 valence electrons. The highest BCUT2D eigenvalue weighted by Crippen LogP contribution is 2.25. The van der Waals surface area contributed by atoms with Crippen LogP contribution in [0, 0.1) is 6.92 Å². The molecule has 0 aliphatic heterocycles. The molecule has 1 radical (unpaired) electrons. The van der Waals surface area contributed by atoms with Crippen LogP contribution >= 0.6 is 15.9 Å². The van der Waals surface area contributed by atoms with E-state index < -0.39 is 0 Å². The van der Waals surface area contributed by atoms with Gasteiger partial charge >= 0.3 is 0 Å². The first-order valence-corrected chi connectivity index (χ1v) is 4.75. The standard InChI is InChI=1S/C10H12BrO2/c1-7(6-12)8-3-9(11)5-10(4-8)13-2/h3-5,7,12H,1,6H2,2H3. The van der Waals surface area contributed by atoms with Crippen LogP contribution in [0.4, 0.5) is 0 Å². The summed E-state index contributed by atoms with van der Waals surface area (Å²) in [6.45, 7) is 3.86. The fraction of sp³-hybridized carbons (Fsp3) is 0.300. The quantitative estimate of drug-likeness (QED) is 0.884. The maximum atomic E-state index is 8.92. The van der Waals surface area contributed by atoms with Crippen molar-refractivity contribution in [2.24, 2.45) is 0 Å². The third-order valence-electron chi connectivity index (χ3n) is 1.82. The molecule has 0 fully saturated rings. The molecule has 2 nitrogen and oxygen atoms in total. The van der Waals surface area contributed by atoms with Crippen LogP contribution in [0.1, 0.15) is 11.5 Å². The first kappa shape index (κ1) is 10.5. The van der Waals surface area contributed by atoms with E-state index in [9.17, 15) is 0 Å². The van der Waals surface area contributed by atoms with Crippen LogP contribution in [0.5, 0.6) is 5.75 Å². The van der Waals surface area contributed by atoms with E-state index in [0.717, 1.165) is 15.8 Å². The van der Waals surface area contributed by atoms with E-state index in [4.69, 9.17) is 9.84 Å². The molecule has 1 aromatic carbocycles. The molecule has 0 aromatic heterocycles. The molecule has 0 bridgehead atoms. The Bertz CT molecular complexity index is 286. The van der Waals surface area contributed by atoms with Gasteiger partial charge in [0.15, 0.2) is 0 Å². The summed E-state index contributed by atoms with van der Waals surface area (Å²) in [7, 11) is 1.61. The first-order chi connectivity index (χ1) is 6.17. The zero-order valence-corrected chi connectivity index (χ0v) is 9.04. The fourth-order valence-electron chi connectivity index (χ4n) is 1.04. The number of hydrogen-bond acceptors (Lipinski definition) is 2. The van der Waals surface area contributed by atoms with E-state index in [1.165, 1.54) is 0 Å². The number of rotatable bonds is 3. The highest BCUT2D eigenvalue weighted by molar-refractivity contribution is 9.10. The average molecular weight is 244 g/mol. The summed E-state index contributed by atoms with van der Waals surface area (Å²) < 4.78 is 6.03. The van der Waals surface area contributed by atoms with Crippen molar-refractivity contribution < 1.29 is 9.84 Å². The van der Waals surface area contributed by atoms with Crippen molar-refractivity contribution in [3.05, 3.63) is 35.2 Å². The Labute approximate surface area is 86.7 Å². The predicted octanol–water partition coefficient (Wildman–Crippen LogP) is 2.37. The van der Waals surface area contributed by atoms with E-state index in [0.29, 0.717) is 0 Å². The van der Waals surface area contributed by atoms with Crippen molar-refractivity contribution in [3.63, 3.8) is 0 Å². The molecule has 1 unspecified atom stereocenters. The molecule has 3 heteroatoms. The minimum absolute atomic E-state index is 0.0413. The van der Waals surface area contributed by atoms with Gasteiger partial charge in [-0.2, -0.15) is 0 Å². The van der Waals surface area contributed by atoms with Gasteiger partial charge in [0.05, 0.1) is 7.11 Å². The van der Waals surface area contributed by atoms with Crippen LogP contribution in [-0.4, -0.2) is 18.8 Å². The van der Waals surface area contributed by atoms with Crippen molar-refractivity contribution in [2.45, 2.75) is 5.92 Å². The lowest BCUT2D eigenvalue weighted by Crippen LogP contribution is -1.99. The average Bonchev–Trinajstić information content (AvgIpc) is 2.15. The highest BCUT2D eigenvalue weighted by atomic mass is 79.9. The number of hydrogen-bond donors (Lipinski definition) is 1. The maximum absolute atomic E-state index is 8.92. The zero-order chi connectivity index (χ0) is 9.84. The van der Waals surface area contributed by atoms with E-state index in [1.807, 2.05) is 18.2 Å². The van der Waals surface area contributed by atoms with Crippen LogP contribution in [0.25, 0.3) is 0 Å². The molecule has 0 aliphatic carbocycles. The molecule has 1 N–H and O–H groups in total. The van der Waals surface area contributed by atoms with Crippen LogP contribution in [-0.2, 0) is 0 Å². The van der Waals surface area contributed by atoms with Gasteiger partial charge in [0.1, 0.15) is 5.75 Å². The molecule has 0 spiro atoms. The third kappa shape index (κ3) is 2.71. The smallest absolute Gasteiger partial charge is 0.120 e. The summed E-state index contributed by atoms with van der Waals surface area (Å²) in [5.41, 5.74) is 0.966. The Morgan fingerprint density at radius 3 is 2.77 bits per heavy atom. The van der Waals surface area contributed by atoms with Gasteiger partial charge in [0, 0.05) is 17.0 Å². The second-order valence-corrected chi connectivity index (χ2v) is 3.72. The molecule has 0 saturated carbocycles. The van der Waals surface area contributed by atoms with Gasteiger partial charge in [-0.05, 0) is 30.7 Å². The van der Waals surface area contributed by atoms with Crippen molar-refractivity contribution in [3.8, 4) is 5.75 Å². The van der Waals surface area contributed by atoms with Gasteiger partial charge in [0.2, 0.25) is 0 Å². The van der Waals surface area contributed by atoms with Crippen molar-refractivity contribution in [1.29, 1.82) is 0 Å². The lowest BCUT2D eigenvalue weighted by molar-refractivity contribution is 0.282. The molecule has 0 saturated heterocycles. The number of halogens is 1. The Balaban J connectivity index is 3.01. The normalized spacial score (nSPS) is 12.6. The summed E-state index contributed by atoms with van der Waals surface area (Å²) in [5, 5.41) is 8.92. The van der Waals surface area contributed by atoms with Gasteiger partial charge in [0.25, 0.3) is 0 Å². The summed E-state index contributed by atoms with van der Waals surface area (Å²) in [6, 6.07) is 5.67. The number of methoxy groups -OCH3 is 1. The van der Waals surface area contributed by atoms with E-state index in [-0.39, 0.29) is 12.5 Å². The summed E-state index contributed by atoms with van der Waals surface area (Å²) in [6.07, 6.45) is 0. The van der Waals surface area contributed by atoms with E-state index >= 15 is 0 Å². The fourth-order valence-corrected chi connectivity index (χ4v) is 1.53. The molecular formula is C10H12BrO2. The van der Waals surface area contributed by atoms with Gasteiger partial charge in [-0.25, -0.2) is 0 Å². The summed E-state index contributed by atoms with van der Waals surface area (Å²) in [4.78, 5) is 0. The van der Waals surface area contributed by atoms with Crippen LogP contribution in [0.2, 0.25) is 0 Å². The Morgan fingerprint density at radius 1 is 1.54 bits per heavy atom. The molecule has 0 aliphatic rings. The molecular weight excluding hydrogens is 232 g/mol. The third-order valence-corrected chi connectivity index (χ3v) is 2.28. The first-order valence-electron chi connectivity index (χ1n) is 3.95.